The molecule has 0 spiro atoms. The fraction of sp³-hybridized carbons (Fsp3) is 0.294. The Labute approximate surface area is 125 Å². The first-order valence-electron chi connectivity index (χ1n) is 6.76. The van der Waals surface area contributed by atoms with E-state index in [0.29, 0.717) is 0 Å². The smallest absolute Gasteiger partial charge is 0.182 e. The van der Waals surface area contributed by atoms with Gasteiger partial charge in [0.2, 0.25) is 0 Å². The number of benzene rings is 2. The van der Waals surface area contributed by atoms with Gasteiger partial charge in [0.25, 0.3) is 0 Å². The maximum Gasteiger partial charge on any atom is 0.182 e. The largest absolute Gasteiger partial charge is 0.223 e. The molecular formula is C17H19FO2S. The van der Waals surface area contributed by atoms with E-state index < -0.39 is 15.7 Å². The Balaban J connectivity index is 2.23. The second kappa shape index (κ2) is 5.60. The lowest BCUT2D eigenvalue weighted by atomic mass is 9.87. The molecule has 0 aliphatic carbocycles. The molecule has 0 aliphatic heterocycles. The van der Waals surface area contributed by atoms with Crippen LogP contribution in [-0.2, 0) is 21.0 Å². The average molecular weight is 306 g/mol. The fourth-order valence-electron chi connectivity index (χ4n) is 2.05. The Morgan fingerprint density at radius 1 is 0.905 bits per heavy atom. The summed E-state index contributed by atoms with van der Waals surface area (Å²) in [4.78, 5) is 0.142. The molecule has 112 valence electrons. The molecule has 0 unspecified atom stereocenters. The third-order valence-corrected chi connectivity index (χ3v) is 5.05. The lowest BCUT2D eigenvalue weighted by molar-refractivity contribution is 0.589. The molecule has 0 radical (unpaired) electrons. The molecule has 21 heavy (non-hydrogen) atoms. The third-order valence-electron chi connectivity index (χ3n) is 3.35. The number of sulfone groups is 1. The molecule has 0 atom stereocenters. The second-order valence-electron chi connectivity index (χ2n) is 6.16. The molecule has 2 nitrogen and oxygen atoms in total. The van der Waals surface area contributed by atoms with Gasteiger partial charge in [-0.15, -0.1) is 0 Å². The first-order chi connectivity index (χ1) is 9.68. The summed E-state index contributed by atoms with van der Waals surface area (Å²) in [6, 6.07) is 12.5. The summed E-state index contributed by atoms with van der Waals surface area (Å²) in [5.41, 5.74) is 1.92. The van der Waals surface area contributed by atoms with Gasteiger partial charge in [-0.05, 0) is 40.8 Å². The molecule has 0 saturated carbocycles. The van der Waals surface area contributed by atoms with E-state index >= 15 is 0 Å². The topological polar surface area (TPSA) is 34.1 Å². The van der Waals surface area contributed by atoms with Crippen molar-refractivity contribution in [1.82, 2.24) is 0 Å². The minimum atomic E-state index is -3.45. The van der Waals surface area contributed by atoms with Crippen molar-refractivity contribution in [2.45, 2.75) is 36.8 Å². The Kier molecular flexibility index (Phi) is 4.19. The zero-order valence-electron chi connectivity index (χ0n) is 12.4. The van der Waals surface area contributed by atoms with Crippen LogP contribution in [0.3, 0.4) is 0 Å². The van der Waals surface area contributed by atoms with Gasteiger partial charge in [0.1, 0.15) is 5.82 Å². The zero-order valence-corrected chi connectivity index (χ0v) is 13.2. The van der Waals surface area contributed by atoms with Gasteiger partial charge in [-0.1, -0.05) is 45.0 Å². The van der Waals surface area contributed by atoms with Crippen molar-refractivity contribution in [3.63, 3.8) is 0 Å². The maximum absolute atomic E-state index is 12.9. The molecule has 0 saturated heterocycles. The van der Waals surface area contributed by atoms with E-state index in [-0.39, 0.29) is 16.1 Å². The maximum atomic E-state index is 12.9. The first kappa shape index (κ1) is 15.7. The number of rotatable bonds is 3. The number of hydrogen-bond donors (Lipinski definition) is 0. The summed E-state index contributed by atoms with van der Waals surface area (Å²) in [7, 11) is -3.45. The highest BCUT2D eigenvalue weighted by Gasteiger charge is 2.17. The Hall–Kier alpha value is -1.68. The van der Waals surface area contributed by atoms with Gasteiger partial charge in [0.15, 0.2) is 9.84 Å². The van der Waals surface area contributed by atoms with E-state index in [1.54, 1.807) is 0 Å². The van der Waals surface area contributed by atoms with Crippen molar-refractivity contribution >= 4 is 9.84 Å². The van der Waals surface area contributed by atoms with Gasteiger partial charge in [-0.3, -0.25) is 0 Å². The van der Waals surface area contributed by atoms with Crippen LogP contribution in [0, 0.1) is 5.82 Å². The first-order valence-corrected chi connectivity index (χ1v) is 8.41. The SMILES string of the molecule is CC(C)(C)c1ccc(CS(=O)(=O)c2ccc(F)cc2)cc1. The van der Waals surface area contributed by atoms with Gasteiger partial charge >= 0.3 is 0 Å². The zero-order chi connectivity index (χ0) is 15.7. The highest BCUT2D eigenvalue weighted by Crippen LogP contribution is 2.23. The van der Waals surface area contributed by atoms with Crippen LogP contribution in [0.4, 0.5) is 4.39 Å². The van der Waals surface area contributed by atoms with E-state index in [2.05, 4.69) is 20.8 Å². The van der Waals surface area contributed by atoms with E-state index in [4.69, 9.17) is 0 Å². The standard InChI is InChI=1S/C17H19FO2S/c1-17(2,3)14-6-4-13(5-7-14)12-21(19,20)16-10-8-15(18)9-11-16/h4-11H,12H2,1-3H3. The van der Waals surface area contributed by atoms with Gasteiger partial charge in [0, 0.05) is 0 Å². The summed E-state index contributed by atoms with van der Waals surface area (Å²) < 4.78 is 37.4. The molecule has 2 aromatic rings. The fourth-order valence-corrected chi connectivity index (χ4v) is 3.39. The molecule has 2 aromatic carbocycles. The summed E-state index contributed by atoms with van der Waals surface area (Å²) in [6.45, 7) is 6.33. The second-order valence-corrected chi connectivity index (χ2v) is 8.15. The lowest BCUT2D eigenvalue weighted by Gasteiger charge is -2.19. The van der Waals surface area contributed by atoms with Crippen molar-refractivity contribution in [3.05, 3.63) is 65.5 Å². The molecule has 0 aliphatic rings. The van der Waals surface area contributed by atoms with Crippen LogP contribution >= 0.6 is 0 Å². The van der Waals surface area contributed by atoms with E-state index in [1.165, 1.54) is 12.1 Å². The van der Waals surface area contributed by atoms with Crippen LogP contribution in [-0.4, -0.2) is 8.42 Å². The van der Waals surface area contributed by atoms with Gasteiger partial charge < -0.3 is 0 Å². The molecule has 0 N–H and O–H groups in total. The summed E-state index contributed by atoms with van der Waals surface area (Å²) in [5, 5.41) is 0. The predicted octanol–water partition coefficient (Wildman–Crippen LogP) is 4.10. The molecule has 4 heteroatoms. The number of halogens is 1. The van der Waals surface area contributed by atoms with E-state index in [9.17, 15) is 12.8 Å². The van der Waals surface area contributed by atoms with Crippen molar-refractivity contribution < 1.29 is 12.8 Å². The van der Waals surface area contributed by atoms with Crippen molar-refractivity contribution in [1.29, 1.82) is 0 Å². The van der Waals surface area contributed by atoms with E-state index in [0.717, 1.165) is 23.3 Å². The minimum absolute atomic E-state index is 0.0361. The normalized spacial score (nSPS) is 12.4. The molecule has 0 bridgehead atoms. The average Bonchev–Trinajstić information content (AvgIpc) is 2.38. The minimum Gasteiger partial charge on any atom is -0.223 e. The van der Waals surface area contributed by atoms with E-state index in [1.807, 2.05) is 24.3 Å². The van der Waals surface area contributed by atoms with Crippen molar-refractivity contribution in [2.24, 2.45) is 0 Å². The molecular weight excluding hydrogens is 287 g/mol. The summed E-state index contributed by atoms with van der Waals surface area (Å²) >= 11 is 0. The highest BCUT2D eigenvalue weighted by molar-refractivity contribution is 7.90. The summed E-state index contributed by atoms with van der Waals surface area (Å²) in [6.07, 6.45) is 0. The molecule has 0 heterocycles. The quantitative estimate of drug-likeness (QED) is 0.800. The summed E-state index contributed by atoms with van der Waals surface area (Å²) in [5.74, 6) is -0.522. The van der Waals surface area contributed by atoms with Crippen LogP contribution < -0.4 is 0 Å². The third kappa shape index (κ3) is 3.91. The van der Waals surface area contributed by atoms with Crippen molar-refractivity contribution in [2.75, 3.05) is 0 Å². The van der Waals surface area contributed by atoms with Crippen LogP contribution in [0.5, 0.6) is 0 Å². The Morgan fingerprint density at radius 3 is 1.90 bits per heavy atom. The van der Waals surface area contributed by atoms with Gasteiger partial charge in [0.05, 0.1) is 10.6 Å². The van der Waals surface area contributed by atoms with Crippen LogP contribution in [0.2, 0.25) is 0 Å². The lowest BCUT2D eigenvalue weighted by Crippen LogP contribution is -2.11. The Morgan fingerprint density at radius 2 is 1.43 bits per heavy atom. The van der Waals surface area contributed by atoms with Crippen molar-refractivity contribution in [3.8, 4) is 0 Å². The molecule has 2 rings (SSSR count). The van der Waals surface area contributed by atoms with Crippen LogP contribution in [0.1, 0.15) is 31.9 Å². The van der Waals surface area contributed by atoms with Gasteiger partial charge in [-0.2, -0.15) is 0 Å². The van der Waals surface area contributed by atoms with Crippen LogP contribution in [0.15, 0.2) is 53.4 Å². The number of hydrogen-bond acceptors (Lipinski definition) is 2. The molecule has 0 amide bonds. The predicted molar refractivity (Wildman–Crippen MR) is 82.4 cm³/mol. The highest BCUT2D eigenvalue weighted by atomic mass is 32.2. The molecule has 0 fully saturated rings. The Bertz CT molecular complexity index is 709. The van der Waals surface area contributed by atoms with Crippen LogP contribution in [0.25, 0.3) is 0 Å². The molecule has 0 aromatic heterocycles. The van der Waals surface area contributed by atoms with Gasteiger partial charge in [-0.25, -0.2) is 12.8 Å². The monoisotopic (exact) mass is 306 g/mol.